The van der Waals surface area contributed by atoms with Crippen LogP contribution in [0.1, 0.15) is 30.2 Å². The molecule has 2 bridgehead atoms. The monoisotopic (exact) mass is 568 g/mol. The lowest BCUT2D eigenvalue weighted by atomic mass is 10.1. The van der Waals surface area contributed by atoms with Gasteiger partial charge in [-0.15, -0.1) is 5.10 Å². The largest absolute Gasteiger partial charge is 0.497 e. The fraction of sp³-hybridized carbons (Fsp3) is 0.345. The summed E-state index contributed by atoms with van der Waals surface area (Å²) in [6, 6.07) is 16.6. The third kappa shape index (κ3) is 4.84. The van der Waals surface area contributed by atoms with E-state index in [1.54, 1.807) is 13.2 Å². The van der Waals surface area contributed by atoms with E-state index in [1.165, 1.54) is 10.7 Å². The predicted molar refractivity (Wildman–Crippen MR) is 157 cm³/mol. The first-order valence-electron chi connectivity index (χ1n) is 13.4. The number of aromatic nitrogens is 4. The Morgan fingerprint density at radius 1 is 1.15 bits per heavy atom. The van der Waals surface area contributed by atoms with Crippen molar-refractivity contribution < 1.29 is 4.74 Å². The highest BCUT2D eigenvalue weighted by molar-refractivity contribution is 6.36. The summed E-state index contributed by atoms with van der Waals surface area (Å²) in [4.78, 5) is 16.0. The Balaban J connectivity index is 1.38. The van der Waals surface area contributed by atoms with E-state index in [-0.39, 0.29) is 11.6 Å². The number of nitrogens with one attached hydrogen (secondary N) is 1. The molecule has 0 spiro atoms. The van der Waals surface area contributed by atoms with Crippen molar-refractivity contribution in [3.05, 3.63) is 64.4 Å². The Bertz CT molecular complexity index is 1690. The molecule has 11 nitrogen and oxygen atoms in total. The van der Waals surface area contributed by atoms with Crippen LogP contribution in [0.25, 0.3) is 5.65 Å². The summed E-state index contributed by atoms with van der Waals surface area (Å²) in [5.41, 5.74) is 3.65. The van der Waals surface area contributed by atoms with Crippen LogP contribution < -0.4 is 19.9 Å². The lowest BCUT2D eigenvalue weighted by molar-refractivity contribution is 0.292. The van der Waals surface area contributed by atoms with Gasteiger partial charge in [0.15, 0.2) is 17.2 Å². The minimum Gasteiger partial charge on any atom is -0.497 e. The number of halogens is 1. The third-order valence-electron chi connectivity index (χ3n) is 7.93. The van der Waals surface area contributed by atoms with E-state index in [0.717, 1.165) is 36.5 Å². The van der Waals surface area contributed by atoms with E-state index < -0.39 is 0 Å². The summed E-state index contributed by atoms with van der Waals surface area (Å²) in [6.45, 7) is 5.04. The van der Waals surface area contributed by atoms with Crippen molar-refractivity contribution in [2.24, 2.45) is 0 Å². The first-order chi connectivity index (χ1) is 19.9. The van der Waals surface area contributed by atoms with Crippen molar-refractivity contribution in [3.63, 3.8) is 0 Å². The number of imidazole rings is 1. The van der Waals surface area contributed by atoms with Crippen molar-refractivity contribution in [3.8, 4) is 17.9 Å². The fourth-order valence-electron chi connectivity index (χ4n) is 5.75. The molecule has 0 radical (unpaired) electrons. The average Bonchev–Trinajstić information content (AvgIpc) is 3.70. The smallest absolute Gasteiger partial charge is 0.247 e. The maximum atomic E-state index is 9.82. The number of nitrogens with zero attached hydrogens (tertiary/aromatic N) is 9. The van der Waals surface area contributed by atoms with Crippen molar-refractivity contribution in [2.75, 3.05) is 48.9 Å². The molecular formula is C29H29ClN10O. The van der Waals surface area contributed by atoms with Gasteiger partial charge in [-0.25, -0.2) is 4.98 Å². The number of methoxy groups -OCH3 is 1. The Hall–Kier alpha value is -4.58. The average molecular weight is 569 g/mol. The van der Waals surface area contributed by atoms with Crippen LogP contribution in [0.4, 0.5) is 23.1 Å². The topological polar surface area (TPSA) is 122 Å². The second-order valence-electron chi connectivity index (χ2n) is 10.3. The Morgan fingerprint density at radius 2 is 1.95 bits per heavy atom. The zero-order chi connectivity index (χ0) is 28.7. The molecule has 0 amide bonds. The SMILES string of the molecule is CCN(Cc1ccc(OC)cc1)c1nc(Nc2cc(C#N)cc(N3C[C@@H]4C[C@H]3CN4C)c2Cl)nn2c(C#N)cnc12. The molecular weight excluding hydrogens is 540 g/mol. The van der Waals surface area contributed by atoms with Gasteiger partial charge in [0.1, 0.15) is 11.8 Å². The van der Waals surface area contributed by atoms with E-state index >= 15 is 0 Å². The van der Waals surface area contributed by atoms with Gasteiger partial charge < -0.3 is 19.9 Å². The normalized spacial score (nSPS) is 18.0. The first-order valence-corrected chi connectivity index (χ1v) is 13.8. The van der Waals surface area contributed by atoms with Crippen molar-refractivity contribution >= 4 is 40.4 Å². The standard InChI is InChI=1S/C29H29ClN10O/c1-4-38(15-18-5-7-23(41-3)8-6-18)28-27-33-14-22(13-32)40(27)36-29(35-28)34-24-9-19(12-31)10-25(26(24)30)39-17-20-11-21(39)16-37(20)2/h5-10,14,20-21H,4,11,15-17H2,1-3H3,(H,34,36)/t20-,21-/m0/s1. The minimum atomic E-state index is 0.237. The van der Waals surface area contributed by atoms with E-state index in [1.807, 2.05) is 37.3 Å². The van der Waals surface area contributed by atoms with Gasteiger partial charge in [-0.2, -0.15) is 20.0 Å². The zero-order valence-corrected chi connectivity index (χ0v) is 23.8. The maximum Gasteiger partial charge on any atom is 0.247 e. The van der Waals surface area contributed by atoms with E-state index in [4.69, 9.17) is 21.3 Å². The quantitative estimate of drug-likeness (QED) is 0.331. The van der Waals surface area contributed by atoms with Crippen LogP contribution in [0.3, 0.4) is 0 Å². The van der Waals surface area contributed by atoms with Gasteiger partial charge in [-0.05, 0) is 50.2 Å². The molecule has 2 saturated heterocycles. The molecule has 2 atom stereocenters. The number of piperazine rings is 1. The van der Waals surface area contributed by atoms with E-state index in [9.17, 15) is 10.5 Å². The Morgan fingerprint density at radius 3 is 2.59 bits per heavy atom. The molecule has 2 fully saturated rings. The molecule has 2 aromatic heterocycles. The van der Waals surface area contributed by atoms with E-state index in [2.05, 4.69) is 49.3 Å². The number of anilines is 4. The number of nitriles is 2. The molecule has 0 aliphatic carbocycles. The number of benzene rings is 2. The second kappa shape index (κ2) is 10.8. The molecule has 2 aromatic carbocycles. The second-order valence-corrected chi connectivity index (χ2v) is 10.7. The van der Waals surface area contributed by atoms with Gasteiger partial charge >= 0.3 is 0 Å². The van der Waals surface area contributed by atoms with Gasteiger partial charge in [0, 0.05) is 38.3 Å². The van der Waals surface area contributed by atoms with Crippen LogP contribution in [0, 0.1) is 22.7 Å². The molecule has 0 unspecified atom stereocenters. The van der Waals surface area contributed by atoms with Crippen LogP contribution in [-0.4, -0.2) is 70.4 Å². The number of rotatable bonds is 8. The molecule has 1 N–H and O–H groups in total. The van der Waals surface area contributed by atoms with Crippen LogP contribution in [0.15, 0.2) is 42.6 Å². The van der Waals surface area contributed by atoms with Crippen molar-refractivity contribution in [1.82, 2.24) is 24.5 Å². The van der Waals surface area contributed by atoms with Gasteiger partial charge in [-0.1, -0.05) is 23.7 Å². The number of likely N-dealkylation sites (N-methyl/N-ethyl adjacent to an activating group) is 1. The molecule has 2 aliphatic heterocycles. The molecule has 6 rings (SSSR count). The Kier molecular flexibility index (Phi) is 7.00. The van der Waals surface area contributed by atoms with Gasteiger partial charge in [0.05, 0.1) is 41.3 Å². The minimum absolute atomic E-state index is 0.237. The van der Waals surface area contributed by atoms with Gasteiger partial charge in [0.25, 0.3) is 0 Å². The fourth-order valence-corrected chi connectivity index (χ4v) is 6.02. The van der Waals surface area contributed by atoms with Crippen LogP contribution in [-0.2, 0) is 6.54 Å². The van der Waals surface area contributed by atoms with Crippen molar-refractivity contribution in [2.45, 2.75) is 32.0 Å². The van der Waals surface area contributed by atoms with Gasteiger partial charge in [-0.3, -0.25) is 4.90 Å². The van der Waals surface area contributed by atoms with Crippen molar-refractivity contribution in [1.29, 1.82) is 10.5 Å². The molecule has 12 heteroatoms. The number of fused-ring (bicyclic) bond motifs is 3. The molecule has 2 aliphatic rings. The molecule has 4 aromatic rings. The number of ether oxygens (including phenoxy) is 1. The number of likely N-dealkylation sites (tertiary alicyclic amines) is 1. The third-order valence-corrected chi connectivity index (χ3v) is 8.32. The maximum absolute atomic E-state index is 9.82. The highest BCUT2D eigenvalue weighted by atomic mass is 35.5. The summed E-state index contributed by atoms with van der Waals surface area (Å²) in [5, 5.41) is 27.9. The summed E-state index contributed by atoms with van der Waals surface area (Å²) in [7, 11) is 3.78. The summed E-state index contributed by atoms with van der Waals surface area (Å²) in [5.74, 6) is 1.58. The summed E-state index contributed by atoms with van der Waals surface area (Å²) in [6.07, 6.45) is 2.56. The van der Waals surface area contributed by atoms with E-state index in [0.29, 0.717) is 52.9 Å². The molecule has 41 heavy (non-hydrogen) atoms. The first kappa shape index (κ1) is 26.6. The summed E-state index contributed by atoms with van der Waals surface area (Å²) >= 11 is 6.98. The summed E-state index contributed by atoms with van der Waals surface area (Å²) < 4.78 is 6.78. The molecule has 0 saturated carbocycles. The highest BCUT2D eigenvalue weighted by Crippen LogP contribution is 2.41. The number of hydrogen-bond acceptors (Lipinski definition) is 10. The predicted octanol–water partition coefficient (Wildman–Crippen LogP) is 4.19. The lowest BCUT2D eigenvalue weighted by Crippen LogP contribution is -2.44. The van der Waals surface area contributed by atoms with Crippen LogP contribution in [0.2, 0.25) is 5.02 Å². The lowest BCUT2D eigenvalue weighted by Gasteiger charge is -2.34. The zero-order valence-electron chi connectivity index (χ0n) is 23.0. The highest BCUT2D eigenvalue weighted by Gasteiger charge is 2.42. The Labute approximate surface area is 243 Å². The van der Waals surface area contributed by atoms with Crippen LogP contribution in [0.5, 0.6) is 5.75 Å². The molecule has 4 heterocycles. The molecule has 208 valence electrons. The van der Waals surface area contributed by atoms with Gasteiger partial charge in [0.2, 0.25) is 5.95 Å². The number of hydrogen-bond donors (Lipinski definition) is 1. The van der Waals surface area contributed by atoms with Crippen LogP contribution >= 0.6 is 11.6 Å².